The predicted octanol–water partition coefficient (Wildman–Crippen LogP) is 2.14. The van der Waals surface area contributed by atoms with Crippen molar-refractivity contribution in [3.63, 3.8) is 0 Å². The summed E-state index contributed by atoms with van der Waals surface area (Å²) in [5.74, 6) is -1.45. The van der Waals surface area contributed by atoms with Crippen LogP contribution in [0.1, 0.15) is 39.4 Å². The van der Waals surface area contributed by atoms with Crippen molar-refractivity contribution >= 4 is 23.1 Å². The van der Waals surface area contributed by atoms with Crippen molar-refractivity contribution < 1.29 is 19.4 Å². The lowest BCUT2D eigenvalue weighted by Crippen LogP contribution is -2.46. The zero-order valence-electron chi connectivity index (χ0n) is 19.4. The molecule has 0 saturated carbocycles. The molecule has 0 amide bonds. The maximum Gasteiger partial charge on any atom is 0.332 e. The Hall–Kier alpha value is -4.40. The maximum absolute atomic E-state index is 13.2. The first-order valence-electron chi connectivity index (χ1n) is 11.1. The van der Waals surface area contributed by atoms with Gasteiger partial charge in [0.1, 0.15) is 17.3 Å². The second-order valence-corrected chi connectivity index (χ2v) is 8.69. The number of ketones is 2. The Balaban J connectivity index is 1.73. The molecule has 1 aliphatic heterocycles. The van der Waals surface area contributed by atoms with E-state index in [2.05, 4.69) is 5.32 Å². The Morgan fingerprint density at radius 2 is 1.57 bits per heavy atom. The minimum atomic E-state index is -0.822. The molecule has 2 heterocycles. The number of aliphatic hydroxyl groups is 1. The first kappa shape index (κ1) is 22.4. The van der Waals surface area contributed by atoms with Crippen LogP contribution in [0, 0.1) is 0 Å². The zero-order chi connectivity index (χ0) is 25.0. The smallest absolute Gasteiger partial charge is 0.332 e. The van der Waals surface area contributed by atoms with Gasteiger partial charge >= 0.3 is 5.69 Å². The lowest BCUT2D eigenvalue weighted by molar-refractivity contribution is -0.112. The van der Waals surface area contributed by atoms with E-state index in [1.54, 1.807) is 37.4 Å². The number of hydrogen-bond acceptors (Lipinski definition) is 7. The summed E-state index contributed by atoms with van der Waals surface area (Å²) in [6.45, 7) is 0. The molecule has 0 saturated heterocycles. The summed E-state index contributed by atoms with van der Waals surface area (Å²) >= 11 is 0. The van der Waals surface area contributed by atoms with E-state index < -0.39 is 34.8 Å². The third kappa shape index (κ3) is 3.30. The standard InChI is InChI=1S/C26H23N3O6/c1-28-24-19(25(33)29(2)26(28)34)17(13-8-10-14(35-3)11-9-13)12-18(27-24)20-21(30)15-6-4-5-7-16(15)22(31)23(20)32/h4-11,17-18,27,30H,12H2,1-3H3. The van der Waals surface area contributed by atoms with Crippen molar-refractivity contribution in [3.05, 3.63) is 97.2 Å². The van der Waals surface area contributed by atoms with Crippen molar-refractivity contribution in [1.29, 1.82) is 0 Å². The van der Waals surface area contributed by atoms with E-state index in [4.69, 9.17) is 4.74 Å². The molecule has 0 fully saturated rings. The normalized spacial score (nSPS) is 19.2. The van der Waals surface area contributed by atoms with E-state index in [0.717, 1.165) is 10.1 Å². The number of nitrogens with one attached hydrogen (secondary N) is 1. The summed E-state index contributed by atoms with van der Waals surface area (Å²) in [6, 6.07) is 12.7. The molecule has 2 aliphatic rings. The molecule has 2 atom stereocenters. The Labute approximate surface area is 199 Å². The third-order valence-corrected chi connectivity index (χ3v) is 6.83. The van der Waals surface area contributed by atoms with Gasteiger partial charge in [0.05, 0.1) is 24.3 Å². The van der Waals surface area contributed by atoms with Crippen LogP contribution in [0.2, 0.25) is 0 Å². The number of anilines is 1. The second kappa shape index (κ2) is 8.12. The average molecular weight is 473 g/mol. The van der Waals surface area contributed by atoms with Gasteiger partial charge in [0.25, 0.3) is 5.56 Å². The van der Waals surface area contributed by atoms with Gasteiger partial charge in [0.15, 0.2) is 0 Å². The summed E-state index contributed by atoms with van der Waals surface area (Å²) in [6.07, 6.45) is 0.202. The molecule has 9 heteroatoms. The number of aromatic nitrogens is 2. The van der Waals surface area contributed by atoms with Crippen LogP contribution in [-0.2, 0) is 18.9 Å². The van der Waals surface area contributed by atoms with Gasteiger partial charge in [0, 0.05) is 31.1 Å². The van der Waals surface area contributed by atoms with Gasteiger partial charge in [0.2, 0.25) is 11.6 Å². The summed E-state index contributed by atoms with van der Waals surface area (Å²) in [5.41, 5.74) is 0.484. The lowest BCUT2D eigenvalue weighted by atomic mass is 9.77. The molecular weight excluding hydrogens is 450 g/mol. The number of nitrogens with zero attached hydrogens (tertiary/aromatic N) is 2. The first-order valence-corrected chi connectivity index (χ1v) is 11.1. The van der Waals surface area contributed by atoms with E-state index >= 15 is 0 Å². The summed E-state index contributed by atoms with van der Waals surface area (Å²) < 4.78 is 7.59. The van der Waals surface area contributed by atoms with Crippen LogP contribution in [0.15, 0.2) is 63.7 Å². The van der Waals surface area contributed by atoms with Crippen molar-refractivity contribution in [1.82, 2.24) is 9.13 Å². The highest BCUT2D eigenvalue weighted by Gasteiger charge is 2.42. The van der Waals surface area contributed by atoms with Gasteiger partial charge in [-0.1, -0.05) is 36.4 Å². The molecule has 5 rings (SSSR count). The third-order valence-electron chi connectivity index (χ3n) is 6.83. The van der Waals surface area contributed by atoms with Crippen LogP contribution in [0.5, 0.6) is 5.75 Å². The number of benzene rings is 2. The molecule has 178 valence electrons. The van der Waals surface area contributed by atoms with Crippen LogP contribution >= 0.6 is 0 Å². The van der Waals surface area contributed by atoms with E-state index in [1.807, 2.05) is 12.1 Å². The number of carbonyl (C=O) groups is 2. The highest BCUT2D eigenvalue weighted by Crippen LogP contribution is 2.41. The number of ether oxygens (including phenoxy) is 1. The fourth-order valence-electron chi connectivity index (χ4n) is 4.97. The van der Waals surface area contributed by atoms with Gasteiger partial charge in [-0.15, -0.1) is 0 Å². The number of aliphatic hydroxyl groups excluding tert-OH is 1. The average Bonchev–Trinajstić information content (AvgIpc) is 2.89. The molecular formula is C26H23N3O6. The minimum Gasteiger partial charge on any atom is -0.507 e. The molecule has 1 aromatic heterocycles. The summed E-state index contributed by atoms with van der Waals surface area (Å²) in [4.78, 5) is 51.9. The molecule has 2 unspecified atom stereocenters. The first-order chi connectivity index (χ1) is 16.7. The van der Waals surface area contributed by atoms with Gasteiger partial charge in [-0.05, 0) is 24.1 Å². The van der Waals surface area contributed by atoms with Crippen LogP contribution < -0.4 is 21.3 Å². The van der Waals surface area contributed by atoms with Crippen molar-refractivity contribution in [3.8, 4) is 5.75 Å². The van der Waals surface area contributed by atoms with Crippen LogP contribution in [-0.4, -0.2) is 39.0 Å². The molecule has 0 spiro atoms. The van der Waals surface area contributed by atoms with E-state index in [-0.39, 0.29) is 34.7 Å². The monoisotopic (exact) mass is 473 g/mol. The molecule has 0 radical (unpaired) electrons. The van der Waals surface area contributed by atoms with Gasteiger partial charge < -0.3 is 15.2 Å². The predicted molar refractivity (Wildman–Crippen MR) is 129 cm³/mol. The number of rotatable bonds is 3. The zero-order valence-corrected chi connectivity index (χ0v) is 19.4. The molecule has 9 nitrogen and oxygen atoms in total. The Morgan fingerprint density at radius 3 is 2.23 bits per heavy atom. The number of hydrogen-bond donors (Lipinski definition) is 2. The molecule has 0 bridgehead atoms. The fourth-order valence-corrected chi connectivity index (χ4v) is 4.97. The van der Waals surface area contributed by atoms with Crippen LogP contribution in [0.25, 0.3) is 5.76 Å². The second-order valence-electron chi connectivity index (χ2n) is 8.69. The highest BCUT2D eigenvalue weighted by atomic mass is 16.5. The van der Waals surface area contributed by atoms with Gasteiger partial charge in [-0.25, -0.2) is 4.79 Å². The Morgan fingerprint density at radius 1 is 0.914 bits per heavy atom. The lowest BCUT2D eigenvalue weighted by Gasteiger charge is -2.36. The SMILES string of the molecule is COc1ccc(C2CC(C3=C(O)c4ccccc4C(=O)C3=O)Nc3c2c(=O)n(C)c(=O)n3C)cc1. The van der Waals surface area contributed by atoms with E-state index in [0.29, 0.717) is 11.3 Å². The summed E-state index contributed by atoms with van der Waals surface area (Å²) in [5, 5.41) is 14.2. The maximum atomic E-state index is 13.2. The van der Waals surface area contributed by atoms with Crippen LogP contribution in [0.4, 0.5) is 5.82 Å². The molecule has 35 heavy (non-hydrogen) atoms. The van der Waals surface area contributed by atoms with Crippen LogP contribution in [0.3, 0.4) is 0 Å². The summed E-state index contributed by atoms with van der Waals surface area (Å²) in [7, 11) is 4.49. The molecule has 1 aliphatic carbocycles. The number of Topliss-reactive ketones (excluding diaryl/α,β-unsaturated/α-hetero) is 2. The minimum absolute atomic E-state index is 0.0778. The highest BCUT2D eigenvalue weighted by molar-refractivity contribution is 6.52. The van der Waals surface area contributed by atoms with E-state index in [1.165, 1.54) is 24.7 Å². The van der Waals surface area contributed by atoms with Crippen molar-refractivity contribution in [2.24, 2.45) is 14.1 Å². The van der Waals surface area contributed by atoms with Crippen molar-refractivity contribution in [2.75, 3.05) is 12.4 Å². The fraction of sp³-hybridized carbons (Fsp3) is 0.231. The van der Waals surface area contributed by atoms with Gasteiger partial charge in [-0.3, -0.25) is 23.5 Å². The van der Waals surface area contributed by atoms with E-state index in [9.17, 15) is 24.3 Å². The molecule has 2 aromatic carbocycles. The number of carbonyl (C=O) groups excluding carboxylic acids is 2. The van der Waals surface area contributed by atoms with Gasteiger partial charge in [-0.2, -0.15) is 0 Å². The molecule has 3 aromatic rings. The topological polar surface area (TPSA) is 120 Å². The Bertz CT molecular complexity index is 1540. The number of fused-ring (bicyclic) bond motifs is 2. The number of methoxy groups -OCH3 is 1. The largest absolute Gasteiger partial charge is 0.507 e. The van der Waals surface area contributed by atoms with Crippen molar-refractivity contribution in [2.45, 2.75) is 18.4 Å². The Kier molecular flexibility index (Phi) is 5.20. The molecule has 2 N–H and O–H groups in total. The quantitative estimate of drug-likeness (QED) is 0.560.